The van der Waals surface area contributed by atoms with Crippen LogP contribution in [0.25, 0.3) is 0 Å². The van der Waals surface area contributed by atoms with Gasteiger partial charge in [0.25, 0.3) is 11.8 Å². The highest BCUT2D eigenvalue weighted by Gasteiger charge is 2.20. The van der Waals surface area contributed by atoms with Gasteiger partial charge in [-0.3, -0.25) is 9.59 Å². The van der Waals surface area contributed by atoms with Crippen molar-refractivity contribution in [3.8, 4) is 17.2 Å². The summed E-state index contributed by atoms with van der Waals surface area (Å²) < 4.78 is 17.3. The lowest BCUT2D eigenvalue weighted by Crippen LogP contribution is -2.30. The van der Waals surface area contributed by atoms with Crippen molar-refractivity contribution < 1.29 is 23.8 Å². The molecule has 0 saturated heterocycles. The molecule has 0 radical (unpaired) electrons. The summed E-state index contributed by atoms with van der Waals surface area (Å²) in [4.78, 5) is 25.6. The van der Waals surface area contributed by atoms with Crippen LogP contribution in [0.3, 0.4) is 0 Å². The van der Waals surface area contributed by atoms with Crippen LogP contribution in [0, 0.1) is 6.92 Å². The Kier molecular flexibility index (Phi) is 8.51. The third kappa shape index (κ3) is 6.51. The molecule has 0 aromatic heterocycles. The van der Waals surface area contributed by atoms with Crippen LogP contribution in [0.4, 0.5) is 11.4 Å². The molecule has 0 bridgehead atoms. The van der Waals surface area contributed by atoms with Crippen molar-refractivity contribution in [2.45, 2.75) is 33.8 Å². The topological polar surface area (TPSA) is 85.9 Å². The molecule has 7 nitrogen and oxygen atoms in total. The fourth-order valence-electron chi connectivity index (χ4n) is 3.27. The standard InChI is InChI=1S/C27H30N2O5/c1-5-32-24-17-23(29-27(31)20-12-8-7-9-13-20)25(33-6-2)16-22(24)28-26(30)19(4)34-21-14-10-11-18(3)15-21/h7-17,19H,5-6H2,1-4H3,(H,28,30)(H,29,31). The van der Waals surface area contributed by atoms with Gasteiger partial charge >= 0.3 is 0 Å². The Labute approximate surface area is 200 Å². The SMILES string of the molecule is CCOc1cc(NC(=O)C(C)Oc2cccc(C)c2)c(OCC)cc1NC(=O)c1ccccc1. The number of nitrogens with one attached hydrogen (secondary N) is 2. The Morgan fingerprint density at radius 2 is 1.44 bits per heavy atom. The second kappa shape index (κ2) is 11.7. The van der Waals surface area contributed by atoms with E-state index in [0.29, 0.717) is 47.4 Å². The van der Waals surface area contributed by atoms with Crippen LogP contribution in [0.5, 0.6) is 17.2 Å². The molecule has 7 heteroatoms. The molecular formula is C27H30N2O5. The predicted octanol–water partition coefficient (Wildman–Crippen LogP) is 5.45. The smallest absolute Gasteiger partial charge is 0.265 e. The quantitative estimate of drug-likeness (QED) is 0.418. The molecule has 0 aliphatic rings. The highest BCUT2D eigenvalue weighted by Crippen LogP contribution is 2.37. The highest BCUT2D eigenvalue weighted by atomic mass is 16.5. The van der Waals surface area contributed by atoms with Crippen LogP contribution in [-0.2, 0) is 4.79 Å². The first-order valence-electron chi connectivity index (χ1n) is 11.3. The van der Waals surface area contributed by atoms with Crippen molar-refractivity contribution in [3.05, 3.63) is 77.9 Å². The molecular weight excluding hydrogens is 432 g/mol. The molecule has 178 valence electrons. The summed E-state index contributed by atoms with van der Waals surface area (Å²) in [5.74, 6) is 0.816. The maximum Gasteiger partial charge on any atom is 0.265 e. The molecule has 0 aliphatic heterocycles. The molecule has 3 aromatic carbocycles. The van der Waals surface area contributed by atoms with Gasteiger partial charge in [0.05, 0.1) is 24.6 Å². The fourth-order valence-corrected chi connectivity index (χ4v) is 3.27. The van der Waals surface area contributed by atoms with Gasteiger partial charge in [-0.05, 0) is 57.5 Å². The van der Waals surface area contributed by atoms with Gasteiger partial charge in [-0.25, -0.2) is 0 Å². The summed E-state index contributed by atoms with van der Waals surface area (Å²) in [7, 11) is 0. The van der Waals surface area contributed by atoms with Crippen LogP contribution in [-0.4, -0.2) is 31.1 Å². The lowest BCUT2D eigenvalue weighted by atomic mass is 10.2. The fraction of sp³-hybridized carbons (Fsp3) is 0.259. The monoisotopic (exact) mass is 462 g/mol. The number of hydrogen-bond donors (Lipinski definition) is 2. The zero-order chi connectivity index (χ0) is 24.5. The second-order valence-electron chi connectivity index (χ2n) is 7.60. The first kappa shape index (κ1) is 24.6. The van der Waals surface area contributed by atoms with Gasteiger partial charge in [-0.15, -0.1) is 0 Å². The molecule has 2 N–H and O–H groups in total. The maximum absolute atomic E-state index is 12.9. The van der Waals surface area contributed by atoms with Crippen molar-refractivity contribution in [3.63, 3.8) is 0 Å². The third-order valence-electron chi connectivity index (χ3n) is 4.90. The van der Waals surface area contributed by atoms with Gasteiger partial charge in [-0.1, -0.05) is 30.3 Å². The second-order valence-corrected chi connectivity index (χ2v) is 7.60. The molecule has 3 rings (SSSR count). The summed E-state index contributed by atoms with van der Waals surface area (Å²) in [6.45, 7) is 8.07. The molecule has 0 aliphatic carbocycles. The predicted molar refractivity (Wildman–Crippen MR) is 133 cm³/mol. The number of benzene rings is 3. The summed E-state index contributed by atoms with van der Waals surface area (Å²) in [6.07, 6.45) is -0.746. The average molecular weight is 463 g/mol. The molecule has 0 saturated carbocycles. The first-order valence-corrected chi connectivity index (χ1v) is 11.3. The minimum absolute atomic E-state index is 0.277. The number of aryl methyl sites for hydroxylation is 1. The summed E-state index contributed by atoms with van der Waals surface area (Å²) in [5, 5.41) is 5.73. The Bertz CT molecular complexity index is 1130. The lowest BCUT2D eigenvalue weighted by molar-refractivity contribution is -0.122. The number of carbonyl (C=O) groups excluding carboxylic acids is 2. The van der Waals surface area contributed by atoms with E-state index in [1.165, 1.54) is 0 Å². The van der Waals surface area contributed by atoms with Gasteiger partial charge in [0.1, 0.15) is 17.2 Å². The average Bonchev–Trinajstić information content (AvgIpc) is 2.82. The van der Waals surface area contributed by atoms with E-state index in [1.807, 2.05) is 45.0 Å². The van der Waals surface area contributed by atoms with Crippen LogP contribution >= 0.6 is 0 Å². The van der Waals surface area contributed by atoms with Gasteiger partial charge < -0.3 is 24.8 Å². The van der Waals surface area contributed by atoms with Gasteiger partial charge in [0.15, 0.2) is 6.10 Å². The minimum Gasteiger partial charge on any atom is -0.492 e. The van der Waals surface area contributed by atoms with E-state index < -0.39 is 6.10 Å². The van der Waals surface area contributed by atoms with E-state index in [4.69, 9.17) is 14.2 Å². The number of anilines is 2. The number of amides is 2. The van der Waals surface area contributed by atoms with Crippen LogP contribution < -0.4 is 24.8 Å². The van der Waals surface area contributed by atoms with Gasteiger partial charge in [-0.2, -0.15) is 0 Å². The zero-order valence-corrected chi connectivity index (χ0v) is 19.9. The molecule has 0 heterocycles. The van der Waals surface area contributed by atoms with E-state index in [0.717, 1.165) is 5.56 Å². The molecule has 1 unspecified atom stereocenters. The largest absolute Gasteiger partial charge is 0.492 e. The van der Waals surface area contributed by atoms with E-state index in [1.54, 1.807) is 49.4 Å². The van der Waals surface area contributed by atoms with Crippen molar-refractivity contribution in [1.29, 1.82) is 0 Å². The minimum atomic E-state index is -0.746. The van der Waals surface area contributed by atoms with Gasteiger partial charge in [0.2, 0.25) is 0 Å². The molecule has 2 amide bonds. The van der Waals surface area contributed by atoms with Crippen LogP contribution in [0.2, 0.25) is 0 Å². The lowest BCUT2D eigenvalue weighted by Gasteiger charge is -2.19. The number of rotatable bonds is 10. The number of hydrogen-bond acceptors (Lipinski definition) is 5. The highest BCUT2D eigenvalue weighted by molar-refractivity contribution is 6.05. The van der Waals surface area contributed by atoms with E-state index in [2.05, 4.69) is 10.6 Å². The summed E-state index contributed by atoms with van der Waals surface area (Å²) in [5.41, 5.74) is 2.43. The van der Waals surface area contributed by atoms with Gasteiger partial charge in [0, 0.05) is 17.7 Å². The van der Waals surface area contributed by atoms with Crippen LogP contribution in [0.1, 0.15) is 36.7 Å². The van der Waals surface area contributed by atoms with E-state index in [-0.39, 0.29) is 11.8 Å². The van der Waals surface area contributed by atoms with Crippen molar-refractivity contribution in [2.75, 3.05) is 23.8 Å². The summed E-state index contributed by atoms with van der Waals surface area (Å²) in [6, 6.07) is 19.7. The number of ether oxygens (including phenoxy) is 3. The van der Waals surface area contributed by atoms with Crippen molar-refractivity contribution >= 4 is 23.2 Å². The van der Waals surface area contributed by atoms with E-state index in [9.17, 15) is 9.59 Å². The molecule has 1 atom stereocenters. The van der Waals surface area contributed by atoms with E-state index >= 15 is 0 Å². The Balaban J connectivity index is 1.83. The maximum atomic E-state index is 12.9. The third-order valence-corrected chi connectivity index (χ3v) is 4.90. The van der Waals surface area contributed by atoms with Crippen molar-refractivity contribution in [1.82, 2.24) is 0 Å². The normalized spacial score (nSPS) is 11.3. The summed E-state index contributed by atoms with van der Waals surface area (Å²) >= 11 is 0. The molecule has 3 aromatic rings. The Hall–Kier alpha value is -4.00. The Morgan fingerprint density at radius 3 is 2.03 bits per heavy atom. The first-order chi connectivity index (χ1) is 16.4. The number of carbonyl (C=O) groups is 2. The molecule has 0 fully saturated rings. The zero-order valence-electron chi connectivity index (χ0n) is 19.9. The Morgan fingerprint density at radius 1 is 0.824 bits per heavy atom. The van der Waals surface area contributed by atoms with Crippen LogP contribution in [0.15, 0.2) is 66.7 Å². The molecule has 34 heavy (non-hydrogen) atoms. The van der Waals surface area contributed by atoms with Crippen molar-refractivity contribution in [2.24, 2.45) is 0 Å². The molecule has 0 spiro atoms.